The van der Waals surface area contributed by atoms with Crippen LogP contribution in [-0.2, 0) is 6.18 Å². The molecule has 0 spiro atoms. The number of hydrogen-bond acceptors (Lipinski definition) is 14. The molecule has 15 aromatic carbocycles. The van der Waals surface area contributed by atoms with E-state index in [1.54, 1.807) is 18.2 Å². The Balaban J connectivity index is 0.837. The van der Waals surface area contributed by atoms with Crippen molar-refractivity contribution in [3.05, 3.63) is 387 Å². The van der Waals surface area contributed by atoms with E-state index in [2.05, 4.69) is 27.3 Å². The third-order valence-electron chi connectivity index (χ3n) is 22.0. The van der Waals surface area contributed by atoms with Crippen LogP contribution < -0.4 is 0 Å². The Morgan fingerprint density at radius 2 is 0.411 bits per heavy atom. The summed E-state index contributed by atoms with van der Waals surface area (Å²) in [5, 5.41) is 24.4. The van der Waals surface area contributed by atoms with Crippen molar-refractivity contribution in [3.8, 4) is 182 Å². The number of nitriles is 2. The monoisotopic (exact) mass is 1600 g/mol. The first-order valence-corrected chi connectivity index (χ1v) is 39.9. The summed E-state index contributed by atoms with van der Waals surface area (Å²) in [6.07, 6.45) is -4.90. The Morgan fingerprint density at radius 3 is 0.653 bits per heavy atom. The summed E-state index contributed by atoms with van der Waals surface area (Å²) in [4.78, 5) is 61.9. The summed E-state index contributed by atoms with van der Waals surface area (Å²) < 4.78 is 52.1. The van der Waals surface area contributed by atoms with Crippen LogP contribution in [0.5, 0.6) is 0 Å². The molecular weight excluding hydrogens is 1540 g/mol. The number of fused-ring (bicyclic) bond motifs is 6. The van der Waals surface area contributed by atoms with Gasteiger partial charge in [-0.3, -0.25) is 0 Å². The van der Waals surface area contributed by atoms with Gasteiger partial charge in [0.05, 0.1) is 62.3 Å². The maximum atomic E-state index is 16.0. The van der Waals surface area contributed by atoms with E-state index in [9.17, 15) is 10.5 Å². The fourth-order valence-electron chi connectivity index (χ4n) is 16.1. The number of alkyl halides is 3. The molecule has 0 aliphatic heterocycles. The van der Waals surface area contributed by atoms with Crippen LogP contribution >= 0.6 is 0 Å². The Hall–Kier alpha value is -17.3. The van der Waals surface area contributed by atoms with E-state index in [-0.39, 0.29) is 16.7 Å². The first-order valence-electron chi connectivity index (χ1n) is 39.9. The zero-order chi connectivity index (χ0) is 83.4. The summed E-state index contributed by atoms with van der Waals surface area (Å²) >= 11 is 0. The normalized spacial score (nSPS) is 11.5. The summed E-state index contributed by atoms with van der Waals surface area (Å²) in [7, 11) is 0. The molecule has 582 valence electrons. The minimum atomic E-state index is -4.90. The van der Waals surface area contributed by atoms with Crippen molar-refractivity contribution < 1.29 is 13.2 Å². The first kappa shape index (κ1) is 74.3. The van der Waals surface area contributed by atoms with E-state index in [1.807, 2.05) is 328 Å². The van der Waals surface area contributed by atoms with Crippen LogP contribution in [0.3, 0.4) is 0 Å². The zero-order valence-electron chi connectivity index (χ0n) is 65.5. The molecule has 0 bridgehead atoms. The van der Waals surface area contributed by atoms with Crippen LogP contribution in [0.4, 0.5) is 13.2 Å². The van der Waals surface area contributed by atoms with Gasteiger partial charge in [0.2, 0.25) is 0 Å². The number of halogens is 3. The van der Waals surface area contributed by atoms with Gasteiger partial charge in [0, 0.05) is 99.4 Å². The van der Waals surface area contributed by atoms with Crippen LogP contribution in [0, 0.1) is 22.7 Å². The minimum Gasteiger partial charge on any atom is -0.309 e. The molecule has 0 aliphatic carbocycles. The van der Waals surface area contributed by atoms with Gasteiger partial charge in [-0.15, -0.1) is 0 Å². The SMILES string of the molecule is N#Cc1ccc(-c2ccc(-c3ccc(C#N)cc3C(F)(F)F)cc2-n2c3ccc(-c4nc(-c5ccccc5)nc(-c5ccccc5)n4)cc3c3cc(-c4nc(-c5ccccc5)nc(-c5ccccc5)n4)ccc32)c(-n2c3ccc(-c4nc(-c5ccccc5)nc(-c5ccccc5)n4)cc3c3cc(-c4nc(-c5ccccc5)nc(-c5ccccc5)n4)ccc32)c1. The van der Waals surface area contributed by atoms with E-state index in [1.165, 1.54) is 12.1 Å². The van der Waals surface area contributed by atoms with Gasteiger partial charge in [-0.25, -0.2) is 59.8 Å². The van der Waals surface area contributed by atoms with Crippen LogP contribution in [0.1, 0.15) is 16.7 Å². The van der Waals surface area contributed by atoms with Crippen molar-refractivity contribution in [2.24, 2.45) is 0 Å². The van der Waals surface area contributed by atoms with E-state index in [4.69, 9.17) is 59.8 Å². The summed E-state index contributed by atoms with van der Waals surface area (Å²) in [6.45, 7) is 0. The highest BCUT2D eigenvalue weighted by atomic mass is 19.4. The number of aromatic nitrogens is 14. The van der Waals surface area contributed by atoms with Crippen molar-refractivity contribution in [1.82, 2.24) is 68.9 Å². The van der Waals surface area contributed by atoms with Crippen LogP contribution in [-0.4, -0.2) is 68.9 Å². The molecule has 0 aliphatic rings. The molecule has 0 radical (unpaired) electrons. The molecule has 21 rings (SSSR count). The van der Waals surface area contributed by atoms with Gasteiger partial charge in [-0.2, -0.15) is 23.7 Å². The Bertz CT molecular complexity index is 7240. The van der Waals surface area contributed by atoms with Gasteiger partial charge in [-0.1, -0.05) is 267 Å². The van der Waals surface area contributed by atoms with E-state index >= 15 is 13.2 Å². The van der Waals surface area contributed by atoms with E-state index in [0.29, 0.717) is 153 Å². The predicted molar refractivity (Wildman–Crippen MR) is 479 cm³/mol. The molecule has 0 atom stereocenters. The lowest BCUT2D eigenvalue weighted by atomic mass is 9.93. The van der Waals surface area contributed by atoms with Crippen molar-refractivity contribution >= 4 is 43.6 Å². The number of nitrogens with zero attached hydrogens (tertiary/aromatic N) is 16. The summed E-state index contributed by atoms with van der Waals surface area (Å²) in [5.41, 5.74) is 12.9. The average molecular weight is 1600 g/mol. The van der Waals surface area contributed by atoms with Crippen molar-refractivity contribution in [3.63, 3.8) is 0 Å². The van der Waals surface area contributed by atoms with Crippen molar-refractivity contribution in [1.29, 1.82) is 10.5 Å². The molecule has 0 amide bonds. The van der Waals surface area contributed by atoms with Gasteiger partial charge < -0.3 is 9.13 Å². The minimum absolute atomic E-state index is 0.158. The summed E-state index contributed by atoms with van der Waals surface area (Å²) in [5.74, 6) is 5.27. The third kappa shape index (κ3) is 14.0. The quantitative estimate of drug-likeness (QED) is 0.0881. The molecule has 0 unspecified atom stereocenters. The third-order valence-corrected chi connectivity index (χ3v) is 22.0. The molecule has 21 aromatic rings. The first-order chi connectivity index (χ1) is 60.9. The molecule has 0 saturated heterocycles. The second-order valence-electron chi connectivity index (χ2n) is 29.7. The molecule has 19 heteroatoms. The van der Waals surface area contributed by atoms with Gasteiger partial charge >= 0.3 is 6.18 Å². The predicted octanol–water partition coefficient (Wildman–Crippen LogP) is 24.7. The largest absolute Gasteiger partial charge is 0.417 e. The van der Waals surface area contributed by atoms with Crippen molar-refractivity contribution in [2.45, 2.75) is 6.18 Å². The standard InChI is InChI=1S/C105H61F3N16/c106-105(107,108)86-55-64(62-109)41-48-79(86)74-43-50-81(92(61-74)124-89-53-46-77(103-119-97(70-33-17-5-18-34-70)113-98(120-103)71-35-19-6-20-36-71)59-84(89)85-60-78(47-54-90(85)124)104-121-99(72-37-21-7-22-38-72)114-100(122-104)73-39-23-8-24-40-73)80-49-42-65(63-110)56-91(80)123-87-51-44-75(101-115-93(66-25-9-1-10-26-66)111-94(116-101)67-27-11-2-12-28-67)57-82(87)83-58-76(45-52-88(83)123)102-117-95(68-29-13-3-14-30-68)112-96(118-102)69-31-15-4-16-32-69/h1-61H. The van der Waals surface area contributed by atoms with Gasteiger partial charge in [0.25, 0.3) is 0 Å². The second-order valence-corrected chi connectivity index (χ2v) is 29.7. The highest BCUT2D eigenvalue weighted by Gasteiger charge is 2.35. The fraction of sp³-hybridized carbons (Fsp3) is 0.00952. The molecule has 6 aromatic heterocycles. The highest BCUT2D eigenvalue weighted by Crippen LogP contribution is 2.47. The van der Waals surface area contributed by atoms with Gasteiger partial charge in [0.15, 0.2) is 69.9 Å². The maximum absolute atomic E-state index is 16.0. The molecule has 0 saturated carbocycles. The smallest absolute Gasteiger partial charge is 0.309 e. The Kier molecular flexibility index (Phi) is 18.7. The van der Waals surface area contributed by atoms with Crippen LogP contribution in [0.25, 0.3) is 214 Å². The Labute approximate surface area is 707 Å². The molecule has 16 nitrogen and oxygen atoms in total. The van der Waals surface area contributed by atoms with Crippen LogP contribution in [0.15, 0.2) is 370 Å². The summed E-state index contributed by atoms with van der Waals surface area (Å²) in [6, 6.07) is 121. The number of benzene rings is 15. The van der Waals surface area contributed by atoms with Crippen molar-refractivity contribution in [2.75, 3.05) is 0 Å². The highest BCUT2D eigenvalue weighted by molar-refractivity contribution is 6.14. The van der Waals surface area contributed by atoms with Gasteiger partial charge in [-0.05, 0) is 114 Å². The molecular formula is C105H61F3N16. The molecule has 0 fully saturated rings. The van der Waals surface area contributed by atoms with E-state index in [0.717, 1.165) is 61.3 Å². The van der Waals surface area contributed by atoms with Gasteiger partial charge in [0.1, 0.15) is 0 Å². The number of hydrogen-bond donors (Lipinski definition) is 0. The molecule has 6 heterocycles. The van der Waals surface area contributed by atoms with E-state index < -0.39 is 11.7 Å². The van der Waals surface area contributed by atoms with Crippen LogP contribution in [0.2, 0.25) is 0 Å². The lowest BCUT2D eigenvalue weighted by molar-refractivity contribution is -0.137. The lowest BCUT2D eigenvalue weighted by Gasteiger charge is -2.21. The second kappa shape index (κ2) is 31.2. The molecule has 0 N–H and O–H groups in total. The number of rotatable bonds is 16. The average Bonchev–Trinajstić information content (AvgIpc) is 1.72. The Morgan fingerprint density at radius 1 is 0.202 bits per heavy atom. The maximum Gasteiger partial charge on any atom is 0.417 e. The lowest BCUT2D eigenvalue weighted by Crippen LogP contribution is -2.08. The fourth-order valence-corrected chi connectivity index (χ4v) is 16.1. The zero-order valence-corrected chi connectivity index (χ0v) is 65.5. The topological polar surface area (TPSA) is 212 Å². The molecule has 124 heavy (non-hydrogen) atoms.